The number of H-pyrrole nitrogens is 1. The lowest BCUT2D eigenvalue weighted by atomic mass is 10.1. The van der Waals surface area contributed by atoms with Gasteiger partial charge in [-0.05, 0) is 24.0 Å². The summed E-state index contributed by atoms with van der Waals surface area (Å²) in [6.07, 6.45) is 3.43. The molecule has 1 aromatic heterocycles. The van der Waals surface area contributed by atoms with Crippen LogP contribution in [0.1, 0.15) is 34.1 Å². The van der Waals surface area contributed by atoms with Crippen LogP contribution in [-0.4, -0.2) is 28.1 Å². The van der Waals surface area contributed by atoms with Crippen molar-refractivity contribution in [1.29, 1.82) is 0 Å². The van der Waals surface area contributed by atoms with Crippen LogP contribution in [0.3, 0.4) is 0 Å². The maximum atomic E-state index is 12.4. The molecule has 3 N–H and O–H groups in total. The van der Waals surface area contributed by atoms with E-state index >= 15 is 0 Å². The lowest BCUT2D eigenvalue weighted by Gasteiger charge is -2.25. The van der Waals surface area contributed by atoms with Crippen molar-refractivity contribution in [2.75, 3.05) is 12.8 Å². The van der Waals surface area contributed by atoms with E-state index in [0.717, 1.165) is 12.8 Å². The van der Waals surface area contributed by atoms with E-state index in [9.17, 15) is 4.79 Å². The topological polar surface area (TPSA) is 75.0 Å². The number of anilines is 1. The number of aromatic amines is 1. The average Bonchev–Trinajstić information content (AvgIpc) is 3.03. The molecule has 1 heterocycles. The molecule has 3 rings (SSSR count). The van der Waals surface area contributed by atoms with Crippen molar-refractivity contribution in [3.8, 4) is 0 Å². The molecule has 0 saturated heterocycles. The zero-order valence-electron chi connectivity index (χ0n) is 10.8. The van der Waals surface area contributed by atoms with Gasteiger partial charge in [-0.15, -0.1) is 0 Å². The number of aromatic nitrogens is 2. The number of carbonyl (C=O) groups is 1. The van der Waals surface area contributed by atoms with Crippen LogP contribution in [-0.2, 0) is 6.42 Å². The standard InChI is InChI=1S/C14H16N4O/c1-18(14(19)13-11(15)8-16-17-13)12-7-6-9-4-2-3-5-10(9)12/h2-5,8,12H,6-7,15H2,1H3,(H,16,17). The molecule has 0 fully saturated rings. The van der Waals surface area contributed by atoms with Crippen LogP contribution in [0.2, 0.25) is 0 Å². The first-order valence-electron chi connectivity index (χ1n) is 6.32. The number of nitrogens with zero attached hydrogens (tertiary/aromatic N) is 2. The van der Waals surface area contributed by atoms with Crippen molar-refractivity contribution in [2.45, 2.75) is 18.9 Å². The second-order valence-corrected chi connectivity index (χ2v) is 4.87. The summed E-state index contributed by atoms with van der Waals surface area (Å²) in [7, 11) is 1.81. The first kappa shape index (κ1) is 11.8. The van der Waals surface area contributed by atoms with Gasteiger partial charge in [-0.1, -0.05) is 24.3 Å². The monoisotopic (exact) mass is 256 g/mol. The molecule has 0 aliphatic heterocycles. The molecule has 0 spiro atoms. The quantitative estimate of drug-likeness (QED) is 0.859. The highest BCUT2D eigenvalue weighted by atomic mass is 16.2. The molecule has 1 aliphatic carbocycles. The van der Waals surface area contributed by atoms with Crippen LogP contribution in [0.15, 0.2) is 30.5 Å². The van der Waals surface area contributed by atoms with Gasteiger partial charge in [-0.2, -0.15) is 5.10 Å². The molecule has 0 bridgehead atoms. The van der Waals surface area contributed by atoms with Crippen molar-refractivity contribution in [3.05, 3.63) is 47.3 Å². The Hall–Kier alpha value is -2.30. The Balaban J connectivity index is 1.88. The molecule has 0 radical (unpaired) electrons. The van der Waals surface area contributed by atoms with Crippen LogP contribution in [0.5, 0.6) is 0 Å². The van der Waals surface area contributed by atoms with Crippen LogP contribution >= 0.6 is 0 Å². The minimum absolute atomic E-state index is 0.114. The van der Waals surface area contributed by atoms with Crippen molar-refractivity contribution < 1.29 is 4.79 Å². The molecule has 1 amide bonds. The van der Waals surface area contributed by atoms with Gasteiger partial charge in [0.15, 0.2) is 0 Å². The van der Waals surface area contributed by atoms with Gasteiger partial charge >= 0.3 is 0 Å². The van der Waals surface area contributed by atoms with Crippen molar-refractivity contribution in [2.24, 2.45) is 0 Å². The summed E-state index contributed by atoms with van der Waals surface area (Å²) in [5.41, 5.74) is 9.05. The first-order chi connectivity index (χ1) is 9.18. The lowest BCUT2D eigenvalue weighted by Crippen LogP contribution is -2.30. The van der Waals surface area contributed by atoms with E-state index in [2.05, 4.69) is 22.3 Å². The van der Waals surface area contributed by atoms with E-state index in [0.29, 0.717) is 11.4 Å². The molecular formula is C14H16N4O. The summed E-state index contributed by atoms with van der Waals surface area (Å²) < 4.78 is 0. The molecule has 19 heavy (non-hydrogen) atoms. The number of amides is 1. The van der Waals surface area contributed by atoms with E-state index in [1.165, 1.54) is 17.3 Å². The summed E-state index contributed by atoms with van der Waals surface area (Å²) in [5, 5.41) is 6.47. The van der Waals surface area contributed by atoms with Crippen molar-refractivity contribution in [1.82, 2.24) is 15.1 Å². The molecule has 1 aliphatic rings. The summed E-state index contributed by atoms with van der Waals surface area (Å²) in [4.78, 5) is 14.1. The fourth-order valence-corrected chi connectivity index (χ4v) is 2.72. The van der Waals surface area contributed by atoms with Gasteiger partial charge < -0.3 is 10.6 Å². The smallest absolute Gasteiger partial charge is 0.274 e. The Morgan fingerprint density at radius 1 is 1.47 bits per heavy atom. The molecular weight excluding hydrogens is 240 g/mol. The minimum Gasteiger partial charge on any atom is -0.396 e. The van der Waals surface area contributed by atoms with Gasteiger partial charge in [-0.25, -0.2) is 0 Å². The number of carbonyl (C=O) groups excluding carboxylic acids is 1. The second kappa shape index (κ2) is 4.42. The fraction of sp³-hybridized carbons (Fsp3) is 0.286. The summed E-state index contributed by atoms with van der Waals surface area (Å²) in [5.74, 6) is -0.114. The summed E-state index contributed by atoms with van der Waals surface area (Å²) in [6.45, 7) is 0. The first-order valence-corrected chi connectivity index (χ1v) is 6.32. The number of nitrogens with two attached hydrogens (primary N) is 1. The minimum atomic E-state index is -0.114. The van der Waals surface area contributed by atoms with Gasteiger partial charge in [0, 0.05) is 7.05 Å². The van der Waals surface area contributed by atoms with Crippen LogP contribution in [0.4, 0.5) is 5.69 Å². The van der Waals surface area contributed by atoms with Gasteiger partial charge in [0.05, 0.1) is 17.9 Å². The lowest BCUT2D eigenvalue weighted by molar-refractivity contribution is 0.0725. The molecule has 5 nitrogen and oxygen atoms in total. The Kier molecular flexibility index (Phi) is 2.74. The number of hydrogen-bond donors (Lipinski definition) is 2. The number of nitrogens with one attached hydrogen (secondary N) is 1. The van der Waals surface area contributed by atoms with Crippen molar-refractivity contribution >= 4 is 11.6 Å². The number of rotatable bonds is 2. The van der Waals surface area contributed by atoms with E-state index in [1.807, 2.05) is 19.2 Å². The second-order valence-electron chi connectivity index (χ2n) is 4.87. The van der Waals surface area contributed by atoms with Gasteiger partial charge in [-0.3, -0.25) is 9.89 Å². The molecule has 2 aromatic rings. The molecule has 1 atom stereocenters. The third kappa shape index (κ3) is 1.87. The average molecular weight is 256 g/mol. The molecule has 0 saturated carbocycles. The summed E-state index contributed by atoms with van der Waals surface area (Å²) in [6, 6.07) is 8.38. The third-order valence-electron chi connectivity index (χ3n) is 3.77. The highest BCUT2D eigenvalue weighted by molar-refractivity contribution is 5.97. The van der Waals surface area contributed by atoms with E-state index in [4.69, 9.17) is 5.73 Å². The largest absolute Gasteiger partial charge is 0.396 e. The van der Waals surface area contributed by atoms with Crippen molar-refractivity contribution in [3.63, 3.8) is 0 Å². The van der Waals surface area contributed by atoms with Crippen LogP contribution in [0.25, 0.3) is 0 Å². The number of nitrogen functional groups attached to an aromatic ring is 1. The number of fused-ring (bicyclic) bond motifs is 1. The fourth-order valence-electron chi connectivity index (χ4n) is 2.72. The SMILES string of the molecule is CN(C(=O)c1[nH]ncc1N)C1CCc2ccccc21. The third-order valence-corrected chi connectivity index (χ3v) is 3.77. The molecule has 5 heteroatoms. The van der Waals surface area contributed by atoms with Crippen LogP contribution in [0, 0.1) is 0 Å². The van der Waals surface area contributed by atoms with Gasteiger partial charge in [0.25, 0.3) is 5.91 Å². The van der Waals surface area contributed by atoms with E-state index < -0.39 is 0 Å². The van der Waals surface area contributed by atoms with Gasteiger partial charge in [0.2, 0.25) is 0 Å². The Labute approximate surface area is 111 Å². The highest BCUT2D eigenvalue weighted by Gasteiger charge is 2.29. The number of aryl methyl sites for hydroxylation is 1. The highest BCUT2D eigenvalue weighted by Crippen LogP contribution is 2.35. The zero-order valence-corrected chi connectivity index (χ0v) is 10.8. The predicted octanol–water partition coefficient (Wildman–Crippen LogP) is 1.75. The molecule has 1 aromatic carbocycles. The van der Waals surface area contributed by atoms with E-state index in [-0.39, 0.29) is 11.9 Å². The Morgan fingerprint density at radius 3 is 3.00 bits per heavy atom. The van der Waals surface area contributed by atoms with E-state index in [1.54, 1.807) is 4.90 Å². The normalized spacial score (nSPS) is 17.2. The number of hydrogen-bond acceptors (Lipinski definition) is 3. The Bertz CT molecular complexity index is 619. The molecule has 98 valence electrons. The summed E-state index contributed by atoms with van der Waals surface area (Å²) >= 11 is 0. The molecule has 1 unspecified atom stereocenters. The van der Waals surface area contributed by atoms with Crippen LogP contribution < -0.4 is 5.73 Å². The van der Waals surface area contributed by atoms with Gasteiger partial charge in [0.1, 0.15) is 5.69 Å². The zero-order chi connectivity index (χ0) is 13.4. The maximum Gasteiger partial charge on any atom is 0.274 e. The maximum absolute atomic E-state index is 12.4. The number of benzene rings is 1. The Morgan fingerprint density at radius 2 is 2.26 bits per heavy atom. The predicted molar refractivity (Wildman–Crippen MR) is 72.6 cm³/mol.